The van der Waals surface area contributed by atoms with Gasteiger partial charge in [0.05, 0.1) is 11.9 Å². The summed E-state index contributed by atoms with van der Waals surface area (Å²) in [6.07, 6.45) is 2.67. The van der Waals surface area contributed by atoms with E-state index in [1.807, 2.05) is 0 Å². The lowest BCUT2D eigenvalue weighted by Crippen LogP contribution is -2.40. The summed E-state index contributed by atoms with van der Waals surface area (Å²) >= 11 is 0. The minimum atomic E-state index is -3.25. The Morgan fingerprint density at radius 2 is 1.80 bits per heavy atom. The highest BCUT2D eigenvalue weighted by Crippen LogP contribution is 2.28. The van der Waals surface area contributed by atoms with Gasteiger partial charge in [0.15, 0.2) is 5.82 Å². The lowest BCUT2D eigenvalue weighted by molar-refractivity contribution is -0.114. The zero-order chi connectivity index (χ0) is 21.8. The molecular formula is C18H19F2N5O4S. The topological polar surface area (TPSA) is 112 Å². The Hall–Kier alpha value is -3.12. The summed E-state index contributed by atoms with van der Waals surface area (Å²) < 4.78 is 53.5. The molecule has 2 aromatic rings. The van der Waals surface area contributed by atoms with Crippen LogP contribution in [0.2, 0.25) is 0 Å². The maximum Gasteiger partial charge on any atom is 0.261 e. The van der Waals surface area contributed by atoms with Crippen molar-refractivity contribution in [2.24, 2.45) is 0 Å². The van der Waals surface area contributed by atoms with Gasteiger partial charge in [-0.3, -0.25) is 9.59 Å². The van der Waals surface area contributed by atoms with E-state index in [-0.39, 0.29) is 17.4 Å². The van der Waals surface area contributed by atoms with Crippen LogP contribution >= 0.6 is 0 Å². The molecule has 0 bridgehead atoms. The van der Waals surface area contributed by atoms with E-state index in [1.165, 1.54) is 30.3 Å². The highest BCUT2D eigenvalue weighted by Gasteiger charge is 2.29. The van der Waals surface area contributed by atoms with Crippen molar-refractivity contribution in [1.29, 1.82) is 0 Å². The first kappa shape index (κ1) is 21.6. The van der Waals surface area contributed by atoms with Crippen LogP contribution in [0.5, 0.6) is 0 Å². The molecular weight excluding hydrogens is 420 g/mol. The number of hydrazine groups is 1. The van der Waals surface area contributed by atoms with Gasteiger partial charge < -0.3 is 10.6 Å². The number of rotatable bonds is 6. The van der Waals surface area contributed by atoms with Gasteiger partial charge in [-0.15, -0.1) is 0 Å². The van der Waals surface area contributed by atoms with E-state index in [0.29, 0.717) is 13.1 Å². The third-order valence-corrected chi connectivity index (χ3v) is 5.12. The quantitative estimate of drug-likeness (QED) is 0.593. The number of nitrogens with zero attached hydrogens (tertiary/aromatic N) is 3. The van der Waals surface area contributed by atoms with Crippen LogP contribution in [-0.4, -0.2) is 43.3 Å². The van der Waals surface area contributed by atoms with Crippen LogP contribution in [0.1, 0.15) is 30.1 Å². The van der Waals surface area contributed by atoms with Crippen molar-refractivity contribution in [2.75, 3.05) is 28.1 Å². The van der Waals surface area contributed by atoms with E-state index in [4.69, 9.17) is 0 Å². The highest BCUT2D eigenvalue weighted by atomic mass is 32.2. The molecule has 2 heterocycles. The van der Waals surface area contributed by atoms with Gasteiger partial charge in [-0.25, -0.2) is 27.2 Å². The number of carbonyl (C=O) groups is 2. The van der Waals surface area contributed by atoms with Crippen LogP contribution in [0.3, 0.4) is 0 Å². The summed E-state index contributed by atoms with van der Waals surface area (Å²) in [5.74, 6) is -3.64. The van der Waals surface area contributed by atoms with Crippen molar-refractivity contribution >= 4 is 39.9 Å². The Kier molecular flexibility index (Phi) is 6.57. The lowest BCUT2D eigenvalue weighted by atomic mass is 10.1. The monoisotopic (exact) mass is 439 g/mol. The van der Waals surface area contributed by atoms with E-state index >= 15 is 4.39 Å². The summed E-state index contributed by atoms with van der Waals surface area (Å²) in [6, 6.07) is 4.61. The number of thiol groups is 1. The second-order valence-electron chi connectivity index (χ2n) is 6.51. The molecule has 160 valence electrons. The normalized spacial score (nSPS) is 14.0. The predicted octanol–water partition coefficient (Wildman–Crippen LogP) is 1.91. The van der Waals surface area contributed by atoms with Gasteiger partial charge in [0.1, 0.15) is 22.9 Å². The number of aromatic nitrogens is 1. The molecule has 2 amide bonds. The Balaban J connectivity index is 1.88. The zero-order valence-electron chi connectivity index (χ0n) is 15.9. The van der Waals surface area contributed by atoms with Crippen molar-refractivity contribution in [3.63, 3.8) is 0 Å². The van der Waals surface area contributed by atoms with Gasteiger partial charge in [-0.05, 0) is 37.1 Å². The Morgan fingerprint density at radius 1 is 1.10 bits per heavy atom. The molecule has 0 spiro atoms. The molecule has 9 nitrogen and oxygen atoms in total. The van der Waals surface area contributed by atoms with Crippen molar-refractivity contribution in [1.82, 2.24) is 9.99 Å². The summed E-state index contributed by atoms with van der Waals surface area (Å²) in [4.78, 5) is 27.4. The number of amides is 2. The number of hydrogen-bond acceptors (Lipinski definition) is 6. The Labute approximate surface area is 172 Å². The van der Waals surface area contributed by atoms with Crippen LogP contribution in [0.25, 0.3) is 0 Å². The average molecular weight is 439 g/mol. The smallest absolute Gasteiger partial charge is 0.261 e. The first-order valence-electron chi connectivity index (χ1n) is 9.00. The van der Waals surface area contributed by atoms with Crippen molar-refractivity contribution in [3.05, 3.63) is 47.7 Å². The van der Waals surface area contributed by atoms with Gasteiger partial charge in [-0.2, -0.15) is 4.41 Å². The van der Waals surface area contributed by atoms with Gasteiger partial charge in [-0.1, -0.05) is 0 Å². The van der Waals surface area contributed by atoms with E-state index in [2.05, 4.69) is 15.6 Å². The molecule has 1 saturated heterocycles. The first-order valence-corrected chi connectivity index (χ1v) is 10.1. The van der Waals surface area contributed by atoms with Gasteiger partial charge in [0.25, 0.3) is 5.91 Å². The van der Waals surface area contributed by atoms with Crippen molar-refractivity contribution in [3.8, 4) is 0 Å². The molecule has 0 atom stereocenters. The van der Waals surface area contributed by atoms with E-state index in [1.54, 1.807) is 0 Å². The van der Waals surface area contributed by atoms with Crippen LogP contribution < -0.4 is 15.0 Å². The standard InChI is InChI=1S/C18H19F2N5O4S/c1-11(26)22-15-7-4-12(10-21-15)23-18(27)16-13(19)5-6-14(17(16)20)25(30(28)29)24-8-2-3-9-24/h4-7,10,30H,2-3,8-9H2,1H3,(H,23,27)(H,21,22,26). The molecule has 1 aromatic carbocycles. The molecule has 0 aliphatic carbocycles. The van der Waals surface area contributed by atoms with Gasteiger partial charge in [0.2, 0.25) is 16.8 Å². The fourth-order valence-corrected chi connectivity index (χ4v) is 3.77. The second-order valence-corrected chi connectivity index (χ2v) is 7.37. The van der Waals surface area contributed by atoms with Gasteiger partial charge >= 0.3 is 0 Å². The van der Waals surface area contributed by atoms with Crippen LogP contribution in [-0.2, 0) is 15.7 Å². The average Bonchev–Trinajstić information content (AvgIpc) is 3.19. The predicted molar refractivity (Wildman–Crippen MR) is 106 cm³/mol. The molecule has 1 aliphatic heterocycles. The summed E-state index contributed by atoms with van der Waals surface area (Å²) in [7, 11) is -3.25. The number of nitrogens with one attached hydrogen (secondary N) is 2. The Bertz CT molecular complexity index is 1030. The van der Waals surface area contributed by atoms with Crippen LogP contribution in [0.15, 0.2) is 30.5 Å². The molecule has 12 heteroatoms. The number of anilines is 3. The highest BCUT2D eigenvalue weighted by molar-refractivity contribution is 7.73. The van der Waals surface area contributed by atoms with E-state index < -0.39 is 39.7 Å². The number of carbonyl (C=O) groups excluding carboxylic acids is 2. The largest absolute Gasteiger partial charge is 0.320 e. The molecule has 2 N–H and O–H groups in total. The molecule has 0 saturated carbocycles. The minimum Gasteiger partial charge on any atom is -0.320 e. The number of halogens is 2. The fraction of sp³-hybridized carbons (Fsp3) is 0.278. The fourth-order valence-electron chi connectivity index (χ4n) is 3.05. The molecule has 1 aromatic heterocycles. The van der Waals surface area contributed by atoms with E-state index in [0.717, 1.165) is 29.4 Å². The molecule has 30 heavy (non-hydrogen) atoms. The minimum absolute atomic E-state index is 0.129. The maximum absolute atomic E-state index is 15.1. The number of benzene rings is 1. The second kappa shape index (κ2) is 9.13. The zero-order valence-corrected chi connectivity index (χ0v) is 16.8. The summed E-state index contributed by atoms with van der Waals surface area (Å²) in [6.45, 7) is 2.10. The summed E-state index contributed by atoms with van der Waals surface area (Å²) in [5.41, 5.74) is -1.22. The lowest BCUT2D eigenvalue weighted by Gasteiger charge is -2.28. The van der Waals surface area contributed by atoms with Crippen molar-refractivity contribution in [2.45, 2.75) is 19.8 Å². The molecule has 1 fully saturated rings. The third kappa shape index (κ3) is 4.71. The maximum atomic E-state index is 15.1. The SMILES string of the molecule is CC(=O)Nc1ccc(NC(=O)c2c(F)ccc(N(N3CCCC3)[SH](=O)=O)c2F)cn1. The Morgan fingerprint density at radius 3 is 2.37 bits per heavy atom. The molecule has 0 unspecified atom stereocenters. The van der Waals surface area contributed by atoms with Crippen molar-refractivity contribution < 1.29 is 26.8 Å². The van der Waals surface area contributed by atoms with Gasteiger partial charge in [0, 0.05) is 20.0 Å². The van der Waals surface area contributed by atoms with Crippen LogP contribution in [0.4, 0.5) is 26.0 Å². The van der Waals surface area contributed by atoms with E-state index in [9.17, 15) is 22.4 Å². The third-order valence-electron chi connectivity index (χ3n) is 4.34. The molecule has 3 rings (SSSR count). The van der Waals surface area contributed by atoms with Crippen LogP contribution in [0, 0.1) is 11.6 Å². The summed E-state index contributed by atoms with van der Waals surface area (Å²) in [5, 5.41) is 6.18. The number of pyridine rings is 1. The molecule has 1 aliphatic rings. The number of hydrogen-bond donors (Lipinski definition) is 3. The first-order chi connectivity index (χ1) is 14.3. The molecule has 0 radical (unpaired) electrons.